The van der Waals surface area contributed by atoms with E-state index in [1.165, 1.54) is 0 Å². The zero-order chi connectivity index (χ0) is 19.3. The standard InChI is InChI=1S/C21H21N5O2/c1-28-19-5-6-20-17(12-19)13-23-26(20)9-7-21(27)24-18-4-2-3-16(11-18)14-25-10-8-22-15-25/h2-6,8,10-13,15H,7,9,14H2,1H3,(H,24,27). The fourth-order valence-electron chi connectivity index (χ4n) is 3.14. The van der Waals surface area contributed by atoms with E-state index in [0.717, 1.165) is 27.9 Å². The maximum Gasteiger partial charge on any atom is 0.226 e. The first-order valence-corrected chi connectivity index (χ1v) is 9.05. The highest BCUT2D eigenvalue weighted by Crippen LogP contribution is 2.20. The van der Waals surface area contributed by atoms with Gasteiger partial charge in [-0.25, -0.2) is 4.98 Å². The number of aryl methyl sites for hydroxylation is 1. The number of methoxy groups -OCH3 is 1. The predicted octanol–water partition coefficient (Wildman–Crippen LogP) is 3.32. The highest BCUT2D eigenvalue weighted by atomic mass is 16.5. The Balaban J connectivity index is 1.37. The van der Waals surface area contributed by atoms with E-state index >= 15 is 0 Å². The first-order valence-electron chi connectivity index (χ1n) is 9.05. The second-order valence-corrected chi connectivity index (χ2v) is 6.53. The molecule has 0 bridgehead atoms. The Kier molecular flexibility index (Phi) is 5.05. The van der Waals surface area contributed by atoms with Crippen molar-refractivity contribution in [2.75, 3.05) is 12.4 Å². The molecule has 28 heavy (non-hydrogen) atoms. The Morgan fingerprint density at radius 1 is 1.21 bits per heavy atom. The molecule has 2 heterocycles. The minimum Gasteiger partial charge on any atom is -0.497 e. The van der Waals surface area contributed by atoms with E-state index in [4.69, 9.17) is 4.74 Å². The summed E-state index contributed by atoms with van der Waals surface area (Å²) in [5.41, 5.74) is 2.87. The van der Waals surface area contributed by atoms with E-state index in [1.807, 2.05) is 57.9 Å². The van der Waals surface area contributed by atoms with Crippen LogP contribution in [0.5, 0.6) is 5.75 Å². The van der Waals surface area contributed by atoms with Crippen LogP contribution in [0.1, 0.15) is 12.0 Å². The van der Waals surface area contributed by atoms with Gasteiger partial charge < -0.3 is 14.6 Å². The Labute approximate surface area is 162 Å². The van der Waals surface area contributed by atoms with Gasteiger partial charge in [-0.2, -0.15) is 5.10 Å². The lowest BCUT2D eigenvalue weighted by molar-refractivity contribution is -0.116. The van der Waals surface area contributed by atoms with Crippen LogP contribution in [0.3, 0.4) is 0 Å². The third-order valence-corrected chi connectivity index (χ3v) is 4.53. The Morgan fingerprint density at radius 2 is 2.14 bits per heavy atom. The van der Waals surface area contributed by atoms with Crippen molar-refractivity contribution in [2.45, 2.75) is 19.5 Å². The smallest absolute Gasteiger partial charge is 0.226 e. The third-order valence-electron chi connectivity index (χ3n) is 4.53. The summed E-state index contributed by atoms with van der Waals surface area (Å²) in [5.74, 6) is 0.748. The molecule has 0 aliphatic heterocycles. The van der Waals surface area contributed by atoms with E-state index in [2.05, 4.69) is 15.4 Å². The van der Waals surface area contributed by atoms with Gasteiger partial charge in [0.25, 0.3) is 0 Å². The summed E-state index contributed by atoms with van der Waals surface area (Å²) >= 11 is 0. The second-order valence-electron chi connectivity index (χ2n) is 6.53. The average molecular weight is 375 g/mol. The molecule has 1 amide bonds. The van der Waals surface area contributed by atoms with Crippen molar-refractivity contribution in [3.05, 3.63) is 72.9 Å². The lowest BCUT2D eigenvalue weighted by Gasteiger charge is -2.09. The lowest BCUT2D eigenvalue weighted by atomic mass is 10.2. The van der Waals surface area contributed by atoms with Crippen LogP contribution in [0.15, 0.2) is 67.4 Å². The number of aromatic nitrogens is 4. The number of imidazole rings is 1. The Morgan fingerprint density at radius 3 is 2.96 bits per heavy atom. The summed E-state index contributed by atoms with van der Waals surface area (Å²) in [7, 11) is 1.64. The van der Waals surface area contributed by atoms with Crippen LogP contribution in [-0.4, -0.2) is 32.3 Å². The molecule has 2 aromatic heterocycles. The van der Waals surface area contributed by atoms with Gasteiger partial charge in [0.05, 0.1) is 31.7 Å². The van der Waals surface area contributed by atoms with Gasteiger partial charge in [0.2, 0.25) is 5.91 Å². The van der Waals surface area contributed by atoms with E-state index in [9.17, 15) is 4.79 Å². The van der Waals surface area contributed by atoms with Crippen molar-refractivity contribution in [1.82, 2.24) is 19.3 Å². The van der Waals surface area contributed by atoms with Crippen molar-refractivity contribution in [1.29, 1.82) is 0 Å². The number of hydrogen-bond acceptors (Lipinski definition) is 4. The van der Waals surface area contributed by atoms with Crippen LogP contribution < -0.4 is 10.1 Å². The van der Waals surface area contributed by atoms with Crippen molar-refractivity contribution in [3.8, 4) is 5.75 Å². The summed E-state index contributed by atoms with van der Waals surface area (Å²) in [6, 6.07) is 13.6. The molecule has 1 N–H and O–H groups in total. The van der Waals surface area contributed by atoms with Gasteiger partial charge in [-0.3, -0.25) is 9.48 Å². The molecular weight excluding hydrogens is 354 g/mol. The minimum atomic E-state index is -0.0445. The molecule has 4 rings (SSSR count). The molecule has 0 radical (unpaired) electrons. The van der Waals surface area contributed by atoms with Crippen LogP contribution in [0.25, 0.3) is 10.9 Å². The van der Waals surface area contributed by atoms with Crippen LogP contribution in [0.2, 0.25) is 0 Å². The van der Waals surface area contributed by atoms with Gasteiger partial charge in [0.1, 0.15) is 5.75 Å². The summed E-state index contributed by atoms with van der Waals surface area (Å²) in [6.45, 7) is 1.23. The van der Waals surface area contributed by atoms with Crippen molar-refractivity contribution >= 4 is 22.5 Å². The number of nitrogens with one attached hydrogen (secondary N) is 1. The molecule has 0 unspecified atom stereocenters. The van der Waals surface area contributed by atoms with E-state index in [1.54, 1.807) is 25.8 Å². The molecule has 7 nitrogen and oxygen atoms in total. The van der Waals surface area contributed by atoms with Crippen LogP contribution in [0, 0.1) is 0 Å². The first-order chi connectivity index (χ1) is 13.7. The quantitative estimate of drug-likeness (QED) is 0.538. The average Bonchev–Trinajstić information content (AvgIpc) is 3.36. The van der Waals surface area contributed by atoms with Crippen molar-refractivity contribution in [2.24, 2.45) is 0 Å². The van der Waals surface area contributed by atoms with Crippen molar-refractivity contribution < 1.29 is 9.53 Å². The molecule has 0 saturated carbocycles. The van der Waals surface area contributed by atoms with Gasteiger partial charge >= 0.3 is 0 Å². The fourth-order valence-corrected chi connectivity index (χ4v) is 3.14. The monoisotopic (exact) mass is 375 g/mol. The molecule has 0 atom stereocenters. The number of ether oxygens (including phenoxy) is 1. The van der Waals surface area contributed by atoms with Gasteiger partial charge in [-0.05, 0) is 35.9 Å². The maximum atomic E-state index is 12.4. The zero-order valence-electron chi connectivity index (χ0n) is 15.6. The minimum absolute atomic E-state index is 0.0445. The van der Waals surface area contributed by atoms with E-state index < -0.39 is 0 Å². The molecule has 0 saturated heterocycles. The molecule has 0 fully saturated rings. The largest absolute Gasteiger partial charge is 0.497 e. The first kappa shape index (κ1) is 17.8. The highest BCUT2D eigenvalue weighted by Gasteiger charge is 2.08. The molecule has 0 aliphatic rings. The number of hydrogen-bond donors (Lipinski definition) is 1. The normalized spacial score (nSPS) is 10.9. The SMILES string of the molecule is COc1ccc2c(cnn2CCC(=O)Nc2cccc(Cn3ccnc3)c2)c1. The number of anilines is 1. The van der Waals surface area contributed by atoms with Crippen LogP contribution in [-0.2, 0) is 17.9 Å². The molecule has 0 aliphatic carbocycles. The summed E-state index contributed by atoms with van der Waals surface area (Å²) < 4.78 is 9.05. The van der Waals surface area contributed by atoms with Crippen LogP contribution in [0.4, 0.5) is 5.69 Å². The molecule has 142 valence electrons. The molecular formula is C21H21N5O2. The van der Waals surface area contributed by atoms with Gasteiger partial charge in [0, 0.05) is 36.4 Å². The topological polar surface area (TPSA) is 74.0 Å². The Bertz CT molecular complexity index is 1090. The number of carbonyl (C=O) groups excluding carboxylic acids is 1. The lowest BCUT2D eigenvalue weighted by Crippen LogP contribution is -2.15. The summed E-state index contributed by atoms with van der Waals surface area (Å²) in [4.78, 5) is 16.4. The molecule has 7 heteroatoms. The summed E-state index contributed by atoms with van der Waals surface area (Å²) in [6.07, 6.45) is 7.56. The number of fused-ring (bicyclic) bond motifs is 1. The second kappa shape index (κ2) is 7.96. The predicted molar refractivity (Wildman–Crippen MR) is 107 cm³/mol. The number of rotatable bonds is 7. The summed E-state index contributed by atoms with van der Waals surface area (Å²) in [5, 5.41) is 8.34. The third kappa shape index (κ3) is 4.03. The van der Waals surface area contributed by atoms with Gasteiger partial charge in [0.15, 0.2) is 0 Å². The fraction of sp³-hybridized carbons (Fsp3) is 0.190. The van der Waals surface area contributed by atoms with Crippen LogP contribution >= 0.6 is 0 Å². The number of amides is 1. The van der Waals surface area contributed by atoms with Gasteiger partial charge in [-0.15, -0.1) is 0 Å². The number of nitrogens with zero attached hydrogens (tertiary/aromatic N) is 4. The molecule has 2 aromatic carbocycles. The van der Waals surface area contributed by atoms with Gasteiger partial charge in [-0.1, -0.05) is 12.1 Å². The van der Waals surface area contributed by atoms with Crippen molar-refractivity contribution in [3.63, 3.8) is 0 Å². The van der Waals surface area contributed by atoms with E-state index in [0.29, 0.717) is 19.5 Å². The Hall–Kier alpha value is -3.61. The zero-order valence-corrected chi connectivity index (χ0v) is 15.6. The molecule has 0 spiro atoms. The molecule has 4 aromatic rings. The van der Waals surface area contributed by atoms with E-state index in [-0.39, 0.29) is 5.91 Å². The number of carbonyl (C=O) groups is 1. The number of benzene rings is 2. The maximum absolute atomic E-state index is 12.4. The highest BCUT2D eigenvalue weighted by molar-refractivity contribution is 5.90.